The zero-order chi connectivity index (χ0) is 11.1. The summed E-state index contributed by atoms with van der Waals surface area (Å²) in [6, 6.07) is 8.39. The lowest BCUT2D eigenvalue weighted by Crippen LogP contribution is -2.13. The van der Waals surface area contributed by atoms with Gasteiger partial charge in [-0.1, -0.05) is 18.2 Å². The van der Waals surface area contributed by atoms with Crippen molar-refractivity contribution in [2.45, 2.75) is 12.8 Å². The Morgan fingerprint density at radius 1 is 1.20 bits per heavy atom. The molecule has 4 nitrogen and oxygen atoms in total. The Hall–Kier alpha value is -1.68. The van der Waals surface area contributed by atoms with Crippen LogP contribution in [0.5, 0.6) is 0 Å². The van der Waals surface area contributed by atoms with Crippen molar-refractivity contribution in [2.24, 2.45) is 5.73 Å². The molecule has 1 aromatic rings. The van der Waals surface area contributed by atoms with Gasteiger partial charge in [-0.2, -0.15) is 0 Å². The standard InChI is InChI=1S/C11H13NO3/c12-8-4-7-10(13)15-11(14)9-5-2-1-3-6-9/h1-3,5-6H,4,7-8,12H2. The van der Waals surface area contributed by atoms with Crippen molar-refractivity contribution >= 4 is 11.9 Å². The van der Waals surface area contributed by atoms with Gasteiger partial charge in [0.2, 0.25) is 0 Å². The maximum atomic E-state index is 11.3. The zero-order valence-electron chi connectivity index (χ0n) is 8.31. The lowest BCUT2D eigenvalue weighted by atomic mass is 10.2. The molecule has 0 saturated carbocycles. The van der Waals surface area contributed by atoms with E-state index in [9.17, 15) is 9.59 Å². The number of rotatable bonds is 4. The van der Waals surface area contributed by atoms with Gasteiger partial charge in [0.05, 0.1) is 5.56 Å². The van der Waals surface area contributed by atoms with Crippen molar-refractivity contribution in [2.75, 3.05) is 6.54 Å². The van der Waals surface area contributed by atoms with E-state index in [1.54, 1.807) is 30.3 Å². The van der Waals surface area contributed by atoms with Crippen molar-refractivity contribution in [3.05, 3.63) is 35.9 Å². The molecule has 80 valence electrons. The first kappa shape index (κ1) is 11.4. The summed E-state index contributed by atoms with van der Waals surface area (Å²) in [6.45, 7) is 0.411. The molecule has 0 aliphatic rings. The number of benzene rings is 1. The van der Waals surface area contributed by atoms with Gasteiger partial charge in [0.1, 0.15) is 0 Å². The van der Waals surface area contributed by atoms with E-state index in [-0.39, 0.29) is 6.42 Å². The third kappa shape index (κ3) is 3.91. The Labute approximate surface area is 88.0 Å². The normalized spacial score (nSPS) is 9.67. The van der Waals surface area contributed by atoms with Crippen molar-refractivity contribution in [3.8, 4) is 0 Å². The van der Waals surface area contributed by atoms with Gasteiger partial charge in [0, 0.05) is 6.42 Å². The van der Waals surface area contributed by atoms with Crippen LogP contribution in [-0.4, -0.2) is 18.5 Å². The number of carbonyl (C=O) groups excluding carboxylic acids is 2. The molecule has 0 fully saturated rings. The van der Waals surface area contributed by atoms with Gasteiger partial charge < -0.3 is 10.5 Å². The second-order valence-corrected chi connectivity index (χ2v) is 3.02. The van der Waals surface area contributed by atoms with E-state index in [0.717, 1.165) is 0 Å². The van der Waals surface area contributed by atoms with Gasteiger partial charge >= 0.3 is 11.9 Å². The largest absolute Gasteiger partial charge is 0.389 e. The predicted octanol–water partition coefficient (Wildman–Crippen LogP) is 1.11. The highest BCUT2D eigenvalue weighted by Crippen LogP contribution is 2.02. The first-order chi connectivity index (χ1) is 7.24. The van der Waals surface area contributed by atoms with E-state index >= 15 is 0 Å². The highest BCUT2D eigenvalue weighted by molar-refractivity contribution is 5.96. The number of ether oxygens (including phenoxy) is 1. The quantitative estimate of drug-likeness (QED) is 0.593. The Morgan fingerprint density at radius 2 is 1.87 bits per heavy atom. The van der Waals surface area contributed by atoms with Gasteiger partial charge in [-0.15, -0.1) is 0 Å². The molecule has 4 heteroatoms. The maximum Gasteiger partial charge on any atom is 0.345 e. The van der Waals surface area contributed by atoms with Crippen LogP contribution in [0.2, 0.25) is 0 Å². The van der Waals surface area contributed by atoms with Gasteiger partial charge in [0.15, 0.2) is 0 Å². The average Bonchev–Trinajstić information content (AvgIpc) is 2.27. The Kier molecular flexibility index (Phi) is 4.50. The van der Waals surface area contributed by atoms with Crippen LogP contribution < -0.4 is 5.73 Å². The third-order valence-corrected chi connectivity index (χ3v) is 1.80. The smallest absolute Gasteiger partial charge is 0.345 e. The van der Waals surface area contributed by atoms with Crippen molar-refractivity contribution in [1.29, 1.82) is 0 Å². The summed E-state index contributed by atoms with van der Waals surface area (Å²) < 4.78 is 4.61. The van der Waals surface area contributed by atoms with E-state index in [1.165, 1.54) is 0 Å². The fourth-order valence-electron chi connectivity index (χ4n) is 1.03. The summed E-state index contributed by atoms with van der Waals surface area (Å²) in [7, 11) is 0. The molecule has 1 rings (SSSR count). The molecular weight excluding hydrogens is 194 g/mol. The fraction of sp³-hybridized carbons (Fsp3) is 0.273. The maximum absolute atomic E-state index is 11.3. The van der Waals surface area contributed by atoms with E-state index < -0.39 is 11.9 Å². The summed E-state index contributed by atoms with van der Waals surface area (Å²) in [6.07, 6.45) is 0.704. The first-order valence-electron chi connectivity index (χ1n) is 4.74. The van der Waals surface area contributed by atoms with Crippen LogP contribution in [-0.2, 0) is 9.53 Å². The van der Waals surface area contributed by atoms with Crippen LogP contribution in [0.25, 0.3) is 0 Å². The van der Waals surface area contributed by atoms with E-state index in [0.29, 0.717) is 18.5 Å². The number of nitrogens with two attached hydrogens (primary N) is 1. The summed E-state index contributed by atoms with van der Waals surface area (Å²) >= 11 is 0. The lowest BCUT2D eigenvalue weighted by Gasteiger charge is -2.01. The second kappa shape index (κ2) is 5.93. The number of hydrogen-bond donors (Lipinski definition) is 1. The molecule has 0 unspecified atom stereocenters. The molecule has 15 heavy (non-hydrogen) atoms. The molecule has 0 saturated heterocycles. The minimum Gasteiger partial charge on any atom is -0.389 e. The van der Waals surface area contributed by atoms with E-state index in [4.69, 9.17) is 5.73 Å². The molecule has 0 heterocycles. The van der Waals surface area contributed by atoms with Crippen LogP contribution in [0.3, 0.4) is 0 Å². The number of esters is 2. The molecule has 0 atom stereocenters. The molecule has 1 aromatic carbocycles. The minimum absolute atomic E-state index is 0.176. The molecule has 0 spiro atoms. The molecule has 0 bridgehead atoms. The van der Waals surface area contributed by atoms with E-state index in [1.807, 2.05) is 0 Å². The molecular formula is C11H13NO3. The molecule has 2 N–H and O–H groups in total. The molecule has 0 radical (unpaired) electrons. The van der Waals surface area contributed by atoms with E-state index in [2.05, 4.69) is 4.74 Å². The highest BCUT2D eigenvalue weighted by Gasteiger charge is 2.11. The second-order valence-electron chi connectivity index (χ2n) is 3.02. The summed E-state index contributed by atoms with van der Waals surface area (Å²) in [5.74, 6) is -1.15. The third-order valence-electron chi connectivity index (χ3n) is 1.80. The Morgan fingerprint density at radius 3 is 2.47 bits per heavy atom. The topological polar surface area (TPSA) is 69.4 Å². The van der Waals surface area contributed by atoms with Crippen molar-refractivity contribution < 1.29 is 14.3 Å². The predicted molar refractivity (Wildman–Crippen MR) is 55.2 cm³/mol. The van der Waals surface area contributed by atoms with Crippen molar-refractivity contribution in [1.82, 2.24) is 0 Å². The minimum atomic E-state index is -0.613. The van der Waals surface area contributed by atoms with Gasteiger partial charge in [0.25, 0.3) is 0 Å². The average molecular weight is 207 g/mol. The van der Waals surface area contributed by atoms with Crippen LogP contribution in [0, 0.1) is 0 Å². The van der Waals surface area contributed by atoms with Crippen LogP contribution in [0.4, 0.5) is 0 Å². The van der Waals surface area contributed by atoms with Crippen molar-refractivity contribution in [3.63, 3.8) is 0 Å². The molecule has 0 aliphatic carbocycles. The van der Waals surface area contributed by atoms with Gasteiger partial charge in [-0.25, -0.2) is 4.79 Å². The lowest BCUT2D eigenvalue weighted by molar-refractivity contribution is -0.138. The Balaban J connectivity index is 2.46. The summed E-state index contributed by atoms with van der Waals surface area (Å²) in [5.41, 5.74) is 5.60. The number of carbonyl (C=O) groups is 2. The van der Waals surface area contributed by atoms with Crippen LogP contribution in [0.15, 0.2) is 30.3 Å². The summed E-state index contributed by atoms with van der Waals surface area (Å²) in [5, 5.41) is 0. The fourth-order valence-corrected chi connectivity index (χ4v) is 1.03. The molecule has 0 aromatic heterocycles. The van der Waals surface area contributed by atoms with Crippen LogP contribution in [0.1, 0.15) is 23.2 Å². The van der Waals surface area contributed by atoms with Gasteiger partial charge in [-0.3, -0.25) is 4.79 Å². The number of hydrogen-bond acceptors (Lipinski definition) is 4. The van der Waals surface area contributed by atoms with Crippen LogP contribution >= 0.6 is 0 Å². The Bertz CT molecular complexity index is 335. The summed E-state index contributed by atoms with van der Waals surface area (Å²) in [4.78, 5) is 22.4. The molecule has 0 amide bonds. The van der Waals surface area contributed by atoms with Gasteiger partial charge in [-0.05, 0) is 25.1 Å². The monoisotopic (exact) mass is 207 g/mol. The zero-order valence-corrected chi connectivity index (χ0v) is 8.31. The highest BCUT2D eigenvalue weighted by atomic mass is 16.6. The first-order valence-corrected chi connectivity index (χ1v) is 4.74. The molecule has 0 aliphatic heterocycles. The SMILES string of the molecule is NCCCC(=O)OC(=O)c1ccccc1.